The lowest BCUT2D eigenvalue weighted by molar-refractivity contribution is -0.113. The summed E-state index contributed by atoms with van der Waals surface area (Å²) >= 11 is 1.45. The Hall–Kier alpha value is -2.07. The van der Waals surface area contributed by atoms with E-state index >= 15 is 0 Å². The molecular weight excluding hydrogens is 294 g/mol. The first-order chi connectivity index (χ1) is 10.6. The van der Waals surface area contributed by atoms with Crippen molar-refractivity contribution in [2.24, 2.45) is 0 Å². The van der Waals surface area contributed by atoms with Crippen LogP contribution in [0.1, 0.15) is 29.8 Å². The van der Waals surface area contributed by atoms with E-state index in [1.807, 2.05) is 36.4 Å². The molecule has 22 heavy (non-hydrogen) atoms. The molecule has 3 nitrogen and oxygen atoms in total. The van der Waals surface area contributed by atoms with Crippen LogP contribution in [-0.4, -0.2) is 17.4 Å². The third kappa shape index (κ3) is 4.74. The molecule has 0 aliphatic heterocycles. The van der Waals surface area contributed by atoms with Crippen molar-refractivity contribution >= 4 is 29.1 Å². The van der Waals surface area contributed by atoms with E-state index in [4.69, 9.17) is 0 Å². The standard InChI is InChI=1S/C18H19NO2S/c1-3-14-4-8-16(9-5-14)19-18(21)12-22-17-10-6-15(7-11-17)13(2)20/h4-11H,3,12H2,1-2H3,(H,19,21). The van der Waals surface area contributed by atoms with Gasteiger partial charge in [-0.25, -0.2) is 0 Å². The van der Waals surface area contributed by atoms with E-state index < -0.39 is 0 Å². The van der Waals surface area contributed by atoms with E-state index in [0.717, 1.165) is 17.0 Å². The number of carbonyl (C=O) groups is 2. The first kappa shape index (κ1) is 16.3. The summed E-state index contributed by atoms with van der Waals surface area (Å²) in [5.41, 5.74) is 2.75. The smallest absolute Gasteiger partial charge is 0.234 e. The highest BCUT2D eigenvalue weighted by atomic mass is 32.2. The van der Waals surface area contributed by atoms with Crippen LogP contribution in [0.15, 0.2) is 53.4 Å². The molecule has 2 aromatic carbocycles. The summed E-state index contributed by atoms with van der Waals surface area (Å²) in [5, 5.41) is 2.88. The molecular formula is C18H19NO2S. The molecule has 0 fully saturated rings. The summed E-state index contributed by atoms with van der Waals surface area (Å²) in [6, 6.07) is 15.2. The first-order valence-electron chi connectivity index (χ1n) is 7.21. The molecule has 0 spiro atoms. The second-order valence-corrected chi connectivity index (χ2v) is 6.02. The molecule has 0 unspecified atom stereocenters. The van der Waals surface area contributed by atoms with Gasteiger partial charge >= 0.3 is 0 Å². The summed E-state index contributed by atoms with van der Waals surface area (Å²) < 4.78 is 0. The van der Waals surface area contributed by atoms with E-state index in [1.54, 1.807) is 19.1 Å². The zero-order valence-electron chi connectivity index (χ0n) is 12.8. The fourth-order valence-electron chi connectivity index (χ4n) is 1.96. The van der Waals surface area contributed by atoms with Crippen LogP contribution in [0.25, 0.3) is 0 Å². The summed E-state index contributed by atoms with van der Waals surface area (Å²) in [6.45, 7) is 3.64. The van der Waals surface area contributed by atoms with Crippen molar-refractivity contribution in [3.8, 4) is 0 Å². The summed E-state index contributed by atoms with van der Waals surface area (Å²) in [7, 11) is 0. The van der Waals surface area contributed by atoms with Gasteiger partial charge in [-0.2, -0.15) is 0 Å². The van der Waals surface area contributed by atoms with Gasteiger partial charge in [0.05, 0.1) is 5.75 Å². The molecule has 114 valence electrons. The second kappa shape index (κ2) is 7.80. The third-order valence-corrected chi connectivity index (χ3v) is 4.29. The number of hydrogen-bond acceptors (Lipinski definition) is 3. The molecule has 2 aromatic rings. The average molecular weight is 313 g/mol. The number of thioether (sulfide) groups is 1. The van der Waals surface area contributed by atoms with E-state index in [2.05, 4.69) is 12.2 Å². The average Bonchev–Trinajstić information content (AvgIpc) is 2.54. The molecule has 0 bridgehead atoms. The van der Waals surface area contributed by atoms with Gasteiger partial charge in [-0.05, 0) is 43.2 Å². The number of Topliss-reactive ketones (excluding diaryl/α,β-unsaturated/α-hetero) is 1. The van der Waals surface area contributed by atoms with Gasteiger partial charge in [0.15, 0.2) is 5.78 Å². The largest absolute Gasteiger partial charge is 0.325 e. The molecule has 0 aliphatic carbocycles. The van der Waals surface area contributed by atoms with Gasteiger partial charge < -0.3 is 5.32 Å². The first-order valence-corrected chi connectivity index (χ1v) is 8.19. The molecule has 0 aliphatic rings. The van der Waals surface area contributed by atoms with Crippen LogP contribution in [0.3, 0.4) is 0 Å². The quantitative estimate of drug-likeness (QED) is 0.643. The Kier molecular flexibility index (Phi) is 5.78. The van der Waals surface area contributed by atoms with Crippen molar-refractivity contribution in [2.75, 3.05) is 11.1 Å². The number of nitrogens with one attached hydrogen (secondary N) is 1. The van der Waals surface area contributed by atoms with Crippen LogP contribution in [0, 0.1) is 0 Å². The highest BCUT2D eigenvalue weighted by Gasteiger charge is 2.05. The molecule has 0 atom stereocenters. The maximum atomic E-state index is 11.9. The highest BCUT2D eigenvalue weighted by Crippen LogP contribution is 2.19. The number of benzene rings is 2. The van der Waals surface area contributed by atoms with Crippen molar-refractivity contribution in [2.45, 2.75) is 25.2 Å². The van der Waals surface area contributed by atoms with Crippen molar-refractivity contribution < 1.29 is 9.59 Å². The number of ketones is 1. The van der Waals surface area contributed by atoms with Crippen LogP contribution in [0.4, 0.5) is 5.69 Å². The molecule has 0 heterocycles. The normalized spacial score (nSPS) is 10.3. The number of amides is 1. The van der Waals surface area contributed by atoms with E-state index in [0.29, 0.717) is 11.3 Å². The number of rotatable bonds is 6. The topological polar surface area (TPSA) is 46.2 Å². The van der Waals surface area contributed by atoms with Gasteiger partial charge in [0.25, 0.3) is 0 Å². The maximum Gasteiger partial charge on any atom is 0.234 e. The zero-order valence-corrected chi connectivity index (χ0v) is 13.6. The van der Waals surface area contributed by atoms with Crippen LogP contribution in [0.5, 0.6) is 0 Å². The van der Waals surface area contributed by atoms with E-state index in [9.17, 15) is 9.59 Å². The molecule has 0 saturated carbocycles. The molecule has 1 N–H and O–H groups in total. The minimum atomic E-state index is -0.0371. The van der Waals surface area contributed by atoms with Gasteiger partial charge in [0, 0.05) is 16.1 Å². The third-order valence-electron chi connectivity index (χ3n) is 3.28. The van der Waals surface area contributed by atoms with Gasteiger partial charge in [-0.3, -0.25) is 9.59 Å². The Morgan fingerprint density at radius 1 is 1.00 bits per heavy atom. The molecule has 4 heteroatoms. The van der Waals surface area contributed by atoms with Crippen molar-refractivity contribution in [1.29, 1.82) is 0 Å². The van der Waals surface area contributed by atoms with E-state index in [1.165, 1.54) is 17.3 Å². The SMILES string of the molecule is CCc1ccc(NC(=O)CSc2ccc(C(C)=O)cc2)cc1. The van der Waals surface area contributed by atoms with Crippen molar-refractivity contribution in [3.63, 3.8) is 0 Å². The molecule has 1 amide bonds. The lowest BCUT2D eigenvalue weighted by atomic mass is 10.1. The minimum Gasteiger partial charge on any atom is -0.325 e. The number of aryl methyl sites for hydroxylation is 1. The lowest BCUT2D eigenvalue weighted by Crippen LogP contribution is -2.13. The van der Waals surface area contributed by atoms with Gasteiger partial charge in [0.1, 0.15) is 0 Å². The Labute approximate surface area is 135 Å². The number of hydrogen-bond donors (Lipinski definition) is 1. The molecule has 2 rings (SSSR count). The predicted octanol–water partition coefficient (Wildman–Crippen LogP) is 4.18. The van der Waals surface area contributed by atoms with Crippen LogP contribution < -0.4 is 5.32 Å². The number of anilines is 1. The van der Waals surface area contributed by atoms with Crippen molar-refractivity contribution in [1.82, 2.24) is 0 Å². The second-order valence-electron chi connectivity index (χ2n) is 4.97. The number of carbonyl (C=O) groups excluding carboxylic acids is 2. The fourth-order valence-corrected chi connectivity index (χ4v) is 2.65. The van der Waals surface area contributed by atoms with E-state index in [-0.39, 0.29) is 11.7 Å². The Morgan fingerprint density at radius 2 is 1.64 bits per heavy atom. The monoisotopic (exact) mass is 313 g/mol. The highest BCUT2D eigenvalue weighted by molar-refractivity contribution is 8.00. The van der Waals surface area contributed by atoms with Crippen LogP contribution in [0.2, 0.25) is 0 Å². The summed E-state index contributed by atoms with van der Waals surface area (Å²) in [6.07, 6.45) is 0.986. The fraction of sp³-hybridized carbons (Fsp3) is 0.222. The molecule has 0 radical (unpaired) electrons. The Bertz CT molecular complexity index is 648. The predicted molar refractivity (Wildman–Crippen MR) is 91.6 cm³/mol. The minimum absolute atomic E-state index is 0.0371. The zero-order chi connectivity index (χ0) is 15.9. The lowest BCUT2D eigenvalue weighted by Gasteiger charge is -2.06. The van der Waals surface area contributed by atoms with Gasteiger partial charge in [-0.1, -0.05) is 31.2 Å². The summed E-state index contributed by atoms with van der Waals surface area (Å²) in [5.74, 6) is 0.351. The van der Waals surface area contributed by atoms with Gasteiger partial charge in [0.2, 0.25) is 5.91 Å². The maximum absolute atomic E-state index is 11.9. The Morgan fingerprint density at radius 3 is 2.18 bits per heavy atom. The summed E-state index contributed by atoms with van der Waals surface area (Å²) in [4.78, 5) is 24.1. The Balaban J connectivity index is 1.85. The van der Waals surface area contributed by atoms with Crippen molar-refractivity contribution in [3.05, 3.63) is 59.7 Å². The molecule has 0 aromatic heterocycles. The van der Waals surface area contributed by atoms with Crippen LogP contribution in [-0.2, 0) is 11.2 Å². The van der Waals surface area contributed by atoms with Crippen LogP contribution >= 0.6 is 11.8 Å². The van der Waals surface area contributed by atoms with Gasteiger partial charge in [-0.15, -0.1) is 11.8 Å². The molecule has 0 saturated heterocycles.